The van der Waals surface area contributed by atoms with Crippen LogP contribution in [-0.4, -0.2) is 48.2 Å². The standard InChI is InChI=1S/C14H25NO4/c1-9(2)19-6-5-15(4)13(16)11-7-10(3)8-12(11)14(17)18/h9-12H,5-8H2,1-4H3,(H,17,18). The Labute approximate surface area is 114 Å². The second-order valence-electron chi connectivity index (χ2n) is 5.81. The molecule has 0 heterocycles. The van der Waals surface area contributed by atoms with E-state index in [1.54, 1.807) is 11.9 Å². The van der Waals surface area contributed by atoms with E-state index < -0.39 is 11.9 Å². The van der Waals surface area contributed by atoms with Crippen LogP contribution in [0.15, 0.2) is 0 Å². The second-order valence-corrected chi connectivity index (χ2v) is 5.81. The molecule has 0 aromatic heterocycles. The molecule has 3 atom stereocenters. The third-order valence-electron chi connectivity index (χ3n) is 3.69. The first-order valence-electron chi connectivity index (χ1n) is 6.92. The predicted molar refractivity (Wildman–Crippen MR) is 71.7 cm³/mol. The van der Waals surface area contributed by atoms with Gasteiger partial charge < -0.3 is 14.7 Å². The van der Waals surface area contributed by atoms with E-state index in [0.717, 1.165) is 0 Å². The van der Waals surface area contributed by atoms with E-state index in [0.29, 0.717) is 31.9 Å². The van der Waals surface area contributed by atoms with E-state index >= 15 is 0 Å². The normalized spacial score (nSPS) is 26.7. The van der Waals surface area contributed by atoms with Crippen molar-refractivity contribution in [2.75, 3.05) is 20.2 Å². The number of rotatable bonds is 6. The van der Waals surface area contributed by atoms with Crippen molar-refractivity contribution in [3.63, 3.8) is 0 Å². The molecule has 1 fully saturated rings. The molecule has 5 nitrogen and oxygen atoms in total. The molecule has 1 aliphatic rings. The van der Waals surface area contributed by atoms with Gasteiger partial charge in [0.2, 0.25) is 5.91 Å². The van der Waals surface area contributed by atoms with Crippen molar-refractivity contribution < 1.29 is 19.4 Å². The SMILES string of the molecule is CC1CC(C(=O)O)C(C(=O)N(C)CCOC(C)C)C1. The monoisotopic (exact) mass is 271 g/mol. The smallest absolute Gasteiger partial charge is 0.307 e. The molecule has 1 rings (SSSR count). The molecule has 0 radical (unpaired) electrons. The van der Waals surface area contributed by atoms with Crippen molar-refractivity contribution in [3.8, 4) is 0 Å². The van der Waals surface area contributed by atoms with Crippen LogP contribution in [0.1, 0.15) is 33.6 Å². The lowest BCUT2D eigenvalue weighted by atomic mass is 9.95. The lowest BCUT2D eigenvalue weighted by Gasteiger charge is -2.23. The fraction of sp³-hybridized carbons (Fsp3) is 0.857. The summed E-state index contributed by atoms with van der Waals surface area (Å²) >= 11 is 0. The van der Waals surface area contributed by atoms with Gasteiger partial charge in [-0.3, -0.25) is 9.59 Å². The molecule has 0 aromatic carbocycles. The van der Waals surface area contributed by atoms with Gasteiger partial charge in [0.1, 0.15) is 0 Å². The molecular weight excluding hydrogens is 246 g/mol. The summed E-state index contributed by atoms with van der Waals surface area (Å²) in [6, 6.07) is 0. The molecule has 0 aliphatic heterocycles. The molecular formula is C14H25NO4. The van der Waals surface area contributed by atoms with Crippen molar-refractivity contribution in [2.24, 2.45) is 17.8 Å². The van der Waals surface area contributed by atoms with Crippen LogP contribution in [0.3, 0.4) is 0 Å². The summed E-state index contributed by atoms with van der Waals surface area (Å²) in [7, 11) is 1.72. The summed E-state index contributed by atoms with van der Waals surface area (Å²) in [6.07, 6.45) is 1.41. The molecule has 5 heteroatoms. The number of carbonyl (C=O) groups excluding carboxylic acids is 1. The summed E-state index contributed by atoms with van der Waals surface area (Å²) in [4.78, 5) is 25.1. The predicted octanol–water partition coefficient (Wildman–Crippen LogP) is 1.62. The number of aliphatic carboxylic acids is 1. The fourth-order valence-electron chi connectivity index (χ4n) is 2.66. The van der Waals surface area contributed by atoms with E-state index in [-0.39, 0.29) is 17.9 Å². The number of carboxylic acids is 1. The van der Waals surface area contributed by atoms with Crippen LogP contribution in [0, 0.1) is 17.8 Å². The topological polar surface area (TPSA) is 66.8 Å². The average molecular weight is 271 g/mol. The Morgan fingerprint density at radius 1 is 1.32 bits per heavy atom. The van der Waals surface area contributed by atoms with E-state index in [4.69, 9.17) is 4.74 Å². The van der Waals surface area contributed by atoms with Crippen molar-refractivity contribution >= 4 is 11.9 Å². The molecule has 1 N–H and O–H groups in total. The van der Waals surface area contributed by atoms with Crippen LogP contribution in [0.5, 0.6) is 0 Å². The largest absolute Gasteiger partial charge is 0.481 e. The van der Waals surface area contributed by atoms with Crippen LogP contribution in [0.4, 0.5) is 0 Å². The fourth-order valence-corrected chi connectivity index (χ4v) is 2.66. The van der Waals surface area contributed by atoms with Crippen molar-refractivity contribution in [1.29, 1.82) is 0 Å². The van der Waals surface area contributed by atoms with E-state index in [2.05, 4.69) is 0 Å². The molecule has 1 aliphatic carbocycles. The minimum atomic E-state index is -0.852. The van der Waals surface area contributed by atoms with Gasteiger partial charge in [-0.05, 0) is 32.6 Å². The number of amides is 1. The summed E-state index contributed by atoms with van der Waals surface area (Å²) in [5.41, 5.74) is 0. The summed E-state index contributed by atoms with van der Waals surface area (Å²) in [5, 5.41) is 9.19. The van der Waals surface area contributed by atoms with E-state index in [9.17, 15) is 14.7 Å². The zero-order valence-electron chi connectivity index (χ0n) is 12.3. The van der Waals surface area contributed by atoms with Gasteiger partial charge in [0, 0.05) is 13.6 Å². The molecule has 19 heavy (non-hydrogen) atoms. The number of hydrogen-bond donors (Lipinski definition) is 1. The molecule has 0 spiro atoms. The summed E-state index contributed by atoms with van der Waals surface area (Å²) in [6.45, 7) is 6.89. The zero-order valence-corrected chi connectivity index (χ0v) is 12.3. The minimum absolute atomic E-state index is 0.0656. The molecule has 3 unspecified atom stereocenters. The van der Waals surface area contributed by atoms with Crippen LogP contribution >= 0.6 is 0 Å². The molecule has 0 saturated heterocycles. The van der Waals surface area contributed by atoms with E-state index in [1.165, 1.54) is 0 Å². The first-order valence-corrected chi connectivity index (χ1v) is 6.92. The second kappa shape index (κ2) is 6.89. The first kappa shape index (κ1) is 16.0. The van der Waals surface area contributed by atoms with Gasteiger partial charge in [-0.25, -0.2) is 0 Å². The van der Waals surface area contributed by atoms with Crippen LogP contribution in [0.2, 0.25) is 0 Å². The number of ether oxygens (including phenoxy) is 1. The van der Waals surface area contributed by atoms with Gasteiger partial charge in [-0.1, -0.05) is 6.92 Å². The minimum Gasteiger partial charge on any atom is -0.481 e. The number of likely N-dealkylation sites (N-methyl/N-ethyl adjacent to an activating group) is 1. The average Bonchev–Trinajstić information content (AvgIpc) is 2.69. The van der Waals surface area contributed by atoms with Gasteiger partial charge in [0.25, 0.3) is 0 Å². The van der Waals surface area contributed by atoms with Gasteiger partial charge in [-0.2, -0.15) is 0 Å². The maximum absolute atomic E-state index is 12.3. The number of nitrogens with zero attached hydrogens (tertiary/aromatic N) is 1. The Kier molecular flexibility index (Phi) is 5.79. The lowest BCUT2D eigenvalue weighted by Crippen LogP contribution is -2.38. The van der Waals surface area contributed by atoms with Crippen LogP contribution < -0.4 is 0 Å². The summed E-state index contributed by atoms with van der Waals surface area (Å²) < 4.78 is 5.41. The van der Waals surface area contributed by atoms with E-state index in [1.807, 2.05) is 20.8 Å². The van der Waals surface area contributed by atoms with Crippen LogP contribution in [0.25, 0.3) is 0 Å². The zero-order chi connectivity index (χ0) is 14.6. The van der Waals surface area contributed by atoms with Gasteiger partial charge in [-0.15, -0.1) is 0 Å². The lowest BCUT2D eigenvalue weighted by molar-refractivity contribution is -0.148. The highest BCUT2D eigenvalue weighted by Crippen LogP contribution is 2.37. The molecule has 110 valence electrons. The number of carboxylic acid groups (broad SMARTS) is 1. The van der Waals surface area contributed by atoms with Crippen molar-refractivity contribution in [3.05, 3.63) is 0 Å². The number of carbonyl (C=O) groups is 2. The van der Waals surface area contributed by atoms with Gasteiger partial charge in [0.15, 0.2) is 0 Å². The summed E-state index contributed by atoms with van der Waals surface area (Å²) in [5.74, 6) is -1.53. The maximum atomic E-state index is 12.3. The molecule has 1 saturated carbocycles. The Morgan fingerprint density at radius 3 is 2.42 bits per heavy atom. The van der Waals surface area contributed by atoms with Crippen molar-refractivity contribution in [2.45, 2.75) is 39.7 Å². The highest BCUT2D eigenvalue weighted by Gasteiger charge is 2.42. The van der Waals surface area contributed by atoms with Crippen molar-refractivity contribution in [1.82, 2.24) is 4.90 Å². The van der Waals surface area contributed by atoms with Crippen LogP contribution in [-0.2, 0) is 14.3 Å². The quantitative estimate of drug-likeness (QED) is 0.797. The molecule has 0 aromatic rings. The Morgan fingerprint density at radius 2 is 1.89 bits per heavy atom. The Hall–Kier alpha value is -1.10. The third kappa shape index (κ3) is 4.49. The molecule has 0 bridgehead atoms. The Balaban J connectivity index is 2.53. The highest BCUT2D eigenvalue weighted by atomic mass is 16.5. The molecule has 1 amide bonds. The Bertz CT molecular complexity index is 329. The highest BCUT2D eigenvalue weighted by molar-refractivity contribution is 5.85. The van der Waals surface area contributed by atoms with Gasteiger partial charge >= 0.3 is 5.97 Å². The first-order chi connectivity index (χ1) is 8.82. The maximum Gasteiger partial charge on any atom is 0.307 e. The van der Waals surface area contributed by atoms with Gasteiger partial charge in [0.05, 0.1) is 24.5 Å². The number of hydrogen-bond acceptors (Lipinski definition) is 3. The third-order valence-corrected chi connectivity index (χ3v) is 3.69.